The predicted octanol–water partition coefficient (Wildman–Crippen LogP) is 1.72. The van der Waals surface area contributed by atoms with Crippen LogP contribution in [0, 0.1) is 0 Å². The number of nitrogens with one attached hydrogen (secondary N) is 1. The van der Waals surface area contributed by atoms with Gasteiger partial charge in [-0.2, -0.15) is 0 Å². The second kappa shape index (κ2) is 4.33. The lowest BCUT2D eigenvalue weighted by Crippen LogP contribution is -2.38. The van der Waals surface area contributed by atoms with Gasteiger partial charge >= 0.3 is 0 Å². The third kappa shape index (κ3) is 1.77. The Morgan fingerprint density at radius 1 is 1.39 bits per heavy atom. The molecular formula is C13H18N4S. The number of imidazole rings is 1. The maximum Gasteiger partial charge on any atom is 0.193 e. The second-order valence-corrected chi connectivity index (χ2v) is 6.22. The average Bonchev–Trinajstić information content (AvgIpc) is 3.07. The van der Waals surface area contributed by atoms with Gasteiger partial charge in [0.05, 0.1) is 5.69 Å². The van der Waals surface area contributed by atoms with Gasteiger partial charge in [-0.05, 0) is 25.8 Å². The number of fused-ring (bicyclic) bond motifs is 2. The zero-order valence-corrected chi connectivity index (χ0v) is 11.2. The van der Waals surface area contributed by atoms with Gasteiger partial charge in [0.1, 0.15) is 0 Å². The Morgan fingerprint density at radius 2 is 2.39 bits per heavy atom. The Bertz CT molecular complexity index is 517. The summed E-state index contributed by atoms with van der Waals surface area (Å²) in [5.41, 5.74) is 1.17. The molecule has 2 aromatic rings. The van der Waals surface area contributed by atoms with Gasteiger partial charge in [-0.1, -0.05) is 0 Å². The summed E-state index contributed by atoms with van der Waals surface area (Å²) in [4.78, 5) is 8.36. The fraction of sp³-hybridized carbons (Fsp3) is 0.615. The fourth-order valence-corrected chi connectivity index (χ4v) is 4.14. The summed E-state index contributed by atoms with van der Waals surface area (Å²) in [6.07, 6.45) is 8.26. The highest BCUT2D eigenvalue weighted by atomic mass is 32.1. The Hall–Kier alpha value is -0.910. The fourth-order valence-electron chi connectivity index (χ4n) is 3.42. The van der Waals surface area contributed by atoms with Gasteiger partial charge in [0.2, 0.25) is 0 Å². The molecule has 0 aliphatic carbocycles. The third-order valence-corrected chi connectivity index (χ3v) is 5.07. The van der Waals surface area contributed by atoms with E-state index >= 15 is 0 Å². The molecule has 5 heteroatoms. The summed E-state index contributed by atoms with van der Waals surface area (Å²) in [5.74, 6) is 0. The SMILES string of the molecule is c1cn2cc(CNC3CCN4CCCC34)nc2s1. The molecular weight excluding hydrogens is 244 g/mol. The van der Waals surface area contributed by atoms with Gasteiger partial charge in [-0.25, -0.2) is 4.98 Å². The van der Waals surface area contributed by atoms with E-state index in [9.17, 15) is 0 Å². The van der Waals surface area contributed by atoms with Gasteiger partial charge in [0.25, 0.3) is 0 Å². The molecule has 0 saturated carbocycles. The van der Waals surface area contributed by atoms with E-state index in [0.29, 0.717) is 6.04 Å². The largest absolute Gasteiger partial charge is 0.307 e. The summed E-state index contributed by atoms with van der Waals surface area (Å²) in [5, 5.41) is 5.78. The first kappa shape index (κ1) is 11.0. The van der Waals surface area contributed by atoms with Crippen LogP contribution in [0.4, 0.5) is 0 Å². The first-order chi connectivity index (χ1) is 8.90. The summed E-state index contributed by atoms with van der Waals surface area (Å²) in [7, 11) is 0. The van der Waals surface area contributed by atoms with Crippen LogP contribution in [-0.4, -0.2) is 39.5 Å². The average molecular weight is 262 g/mol. The first-order valence-electron chi connectivity index (χ1n) is 6.79. The summed E-state index contributed by atoms with van der Waals surface area (Å²) in [6, 6.07) is 1.46. The van der Waals surface area contributed by atoms with Crippen molar-refractivity contribution in [3.8, 4) is 0 Å². The number of hydrogen-bond acceptors (Lipinski definition) is 4. The van der Waals surface area contributed by atoms with Gasteiger partial charge < -0.3 is 5.32 Å². The van der Waals surface area contributed by atoms with Crippen molar-refractivity contribution >= 4 is 16.3 Å². The molecule has 2 saturated heterocycles. The zero-order chi connectivity index (χ0) is 11.9. The molecule has 0 aromatic carbocycles. The van der Waals surface area contributed by atoms with Crippen LogP contribution in [0.2, 0.25) is 0 Å². The molecule has 4 rings (SSSR count). The van der Waals surface area contributed by atoms with Gasteiger partial charge in [-0.3, -0.25) is 9.30 Å². The number of rotatable bonds is 3. The molecule has 0 radical (unpaired) electrons. The molecule has 1 N–H and O–H groups in total. The highest BCUT2D eigenvalue weighted by Crippen LogP contribution is 2.28. The van der Waals surface area contributed by atoms with Crippen LogP contribution in [0.15, 0.2) is 17.8 Å². The lowest BCUT2D eigenvalue weighted by atomic mass is 10.1. The highest BCUT2D eigenvalue weighted by Gasteiger charge is 2.36. The predicted molar refractivity (Wildman–Crippen MR) is 72.9 cm³/mol. The van der Waals surface area contributed by atoms with Crippen LogP contribution in [0.1, 0.15) is 25.0 Å². The molecule has 2 atom stereocenters. The van der Waals surface area contributed by atoms with Gasteiger partial charge in [-0.15, -0.1) is 11.3 Å². The van der Waals surface area contributed by atoms with Crippen LogP contribution >= 0.6 is 11.3 Å². The number of aromatic nitrogens is 2. The minimum absolute atomic E-state index is 0.673. The van der Waals surface area contributed by atoms with Crippen molar-refractivity contribution in [3.63, 3.8) is 0 Å². The molecule has 0 spiro atoms. The number of hydrogen-bond donors (Lipinski definition) is 1. The first-order valence-corrected chi connectivity index (χ1v) is 7.66. The monoisotopic (exact) mass is 262 g/mol. The molecule has 96 valence electrons. The van der Waals surface area contributed by atoms with Crippen molar-refractivity contribution in [1.29, 1.82) is 0 Å². The van der Waals surface area contributed by atoms with E-state index in [0.717, 1.165) is 17.5 Å². The molecule has 0 bridgehead atoms. The molecule has 2 fully saturated rings. The standard InChI is InChI=1S/C13H18N4S/c1-2-12-11(3-5-16(12)4-1)14-8-10-9-17-6-7-18-13(17)15-10/h6-7,9,11-12,14H,1-5,8H2. The van der Waals surface area contributed by atoms with Gasteiger partial charge in [0.15, 0.2) is 4.96 Å². The zero-order valence-electron chi connectivity index (χ0n) is 10.4. The molecule has 0 amide bonds. The number of nitrogens with zero attached hydrogens (tertiary/aromatic N) is 3. The van der Waals surface area contributed by atoms with Crippen LogP contribution in [0.3, 0.4) is 0 Å². The maximum absolute atomic E-state index is 4.62. The third-order valence-electron chi connectivity index (χ3n) is 4.29. The molecule has 18 heavy (non-hydrogen) atoms. The van der Waals surface area contributed by atoms with Crippen LogP contribution in [0.25, 0.3) is 4.96 Å². The lowest BCUT2D eigenvalue weighted by molar-refractivity contribution is 0.298. The lowest BCUT2D eigenvalue weighted by Gasteiger charge is -2.20. The summed E-state index contributed by atoms with van der Waals surface area (Å²) < 4.78 is 2.11. The second-order valence-electron chi connectivity index (χ2n) is 5.35. The van der Waals surface area contributed by atoms with E-state index in [1.165, 1.54) is 38.0 Å². The van der Waals surface area contributed by atoms with E-state index < -0.39 is 0 Å². The van der Waals surface area contributed by atoms with Crippen molar-refractivity contribution < 1.29 is 0 Å². The topological polar surface area (TPSA) is 32.6 Å². The van der Waals surface area contributed by atoms with Crippen molar-refractivity contribution in [2.24, 2.45) is 0 Å². The smallest absolute Gasteiger partial charge is 0.193 e. The van der Waals surface area contributed by atoms with E-state index in [1.54, 1.807) is 11.3 Å². The van der Waals surface area contributed by atoms with E-state index in [1.807, 2.05) is 0 Å². The summed E-state index contributed by atoms with van der Waals surface area (Å²) in [6.45, 7) is 3.49. The van der Waals surface area contributed by atoms with E-state index in [4.69, 9.17) is 0 Å². The molecule has 2 unspecified atom stereocenters. The van der Waals surface area contributed by atoms with Crippen molar-refractivity contribution in [2.75, 3.05) is 13.1 Å². The minimum atomic E-state index is 0.673. The van der Waals surface area contributed by atoms with E-state index in [-0.39, 0.29) is 0 Å². The Morgan fingerprint density at radius 3 is 3.33 bits per heavy atom. The highest BCUT2D eigenvalue weighted by molar-refractivity contribution is 7.15. The van der Waals surface area contributed by atoms with Crippen LogP contribution in [-0.2, 0) is 6.54 Å². The number of thiazole rings is 1. The van der Waals surface area contributed by atoms with Crippen molar-refractivity contribution in [1.82, 2.24) is 19.6 Å². The van der Waals surface area contributed by atoms with Crippen molar-refractivity contribution in [3.05, 3.63) is 23.5 Å². The minimum Gasteiger partial charge on any atom is -0.307 e. The Labute approximate surface area is 111 Å². The van der Waals surface area contributed by atoms with Gasteiger partial charge in [0, 0.05) is 42.9 Å². The van der Waals surface area contributed by atoms with E-state index in [2.05, 4.69) is 37.4 Å². The summed E-state index contributed by atoms with van der Waals surface area (Å²) >= 11 is 1.70. The molecule has 4 nitrogen and oxygen atoms in total. The Kier molecular flexibility index (Phi) is 2.64. The molecule has 4 heterocycles. The van der Waals surface area contributed by atoms with Crippen LogP contribution < -0.4 is 5.32 Å². The van der Waals surface area contributed by atoms with Crippen LogP contribution in [0.5, 0.6) is 0 Å². The normalized spacial score (nSPS) is 28.2. The van der Waals surface area contributed by atoms with Crippen molar-refractivity contribution in [2.45, 2.75) is 37.9 Å². The molecule has 2 aliphatic rings. The molecule has 2 aliphatic heterocycles. The molecule has 2 aromatic heterocycles. The quantitative estimate of drug-likeness (QED) is 0.914. The Balaban J connectivity index is 1.42. The maximum atomic E-state index is 4.62.